The zero-order valence-corrected chi connectivity index (χ0v) is 5.98. The van der Waals surface area contributed by atoms with Gasteiger partial charge in [0.25, 0.3) is 0 Å². The van der Waals surface area contributed by atoms with Crippen LogP contribution in [0, 0.1) is 0 Å². The molecule has 0 unspecified atom stereocenters. The standard InChI is InChI=1S/C5H9N3S/c1-8(7)5-3-9-2-4(5)6/h2-3H,6-7H2,1H3. The van der Waals surface area contributed by atoms with E-state index in [4.69, 9.17) is 11.6 Å². The summed E-state index contributed by atoms with van der Waals surface area (Å²) in [6.07, 6.45) is 0. The van der Waals surface area contributed by atoms with Gasteiger partial charge in [-0.15, -0.1) is 11.3 Å². The van der Waals surface area contributed by atoms with Crippen molar-refractivity contribution in [2.24, 2.45) is 5.84 Å². The summed E-state index contributed by atoms with van der Waals surface area (Å²) in [7, 11) is 1.76. The summed E-state index contributed by atoms with van der Waals surface area (Å²) >= 11 is 1.55. The van der Waals surface area contributed by atoms with Gasteiger partial charge >= 0.3 is 0 Å². The minimum Gasteiger partial charge on any atom is -0.396 e. The maximum atomic E-state index is 5.53. The molecule has 50 valence electrons. The van der Waals surface area contributed by atoms with Crippen LogP contribution < -0.4 is 16.6 Å². The minimum atomic E-state index is 0.741. The lowest BCUT2D eigenvalue weighted by atomic mass is 10.4. The molecule has 0 saturated carbocycles. The summed E-state index contributed by atoms with van der Waals surface area (Å²) in [5, 5.41) is 5.28. The average molecular weight is 143 g/mol. The van der Waals surface area contributed by atoms with Crippen LogP contribution in [0.25, 0.3) is 0 Å². The van der Waals surface area contributed by atoms with Crippen molar-refractivity contribution in [3.8, 4) is 0 Å². The smallest absolute Gasteiger partial charge is 0.0851 e. The Bertz CT molecular complexity index is 194. The van der Waals surface area contributed by atoms with Crippen LogP contribution in [0.2, 0.25) is 0 Å². The van der Waals surface area contributed by atoms with E-state index >= 15 is 0 Å². The number of nitrogens with zero attached hydrogens (tertiary/aromatic N) is 1. The molecule has 1 heterocycles. The van der Waals surface area contributed by atoms with Gasteiger partial charge in [0.1, 0.15) is 0 Å². The lowest BCUT2D eigenvalue weighted by molar-refractivity contribution is 1.03. The Hall–Kier alpha value is -0.740. The number of hydrogen-bond acceptors (Lipinski definition) is 4. The second-order valence-corrected chi connectivity index (χ2v) is 2.57. The van der Waals surface area contributed by atoms with E-state index in [2.05, 4.69) is 0 Å². The molecule has 0 aliphatic heterocycles. The Morgan fingerprint density at radius 3 is 2.44 bits per heavy atom. The Balaban J connectivity index is 2.94. The predicted octanol–water partition coefficient (Wildman–Crippen LogP) is 0.640. The number of nitrogens with two attached hydrogens (primary N) is 2. The molecule has 0 spiro atoms. The lowest BCUT2D eigenvalue weighted by Gasteiger charge is -2.09. The molecule has 0 bridgehead atoms. The van der Waals surface area contributed by atoms with E-state index in [1.165, 1.54) is 5.01 Å². The number of rotatable bonds is 1. The number of nitrogen functional groups attached to an aromatic ring is 1. The zero-order chi connectivity index (χ0) is 6.85. The van der Waals surface area contributed by atoms with Crippen molar-refractivity contribution in [1.82, 2.24) is 0 Å². The highest BCUT2D eigenvalue weighted by Gasteiger charge is 1.99. The Morgan fingerprint density at radius 2 is 2.22 bits per heavy atom. The molecule has 0 fully saturated rings. The number of hydrogen-bond donors (Lipinski definition) is 2. The van der Waals surface area contributed by atoms with Crippen LogP contribution in [0.15, 0.2) is 10.8 Å². The third-order valence-electron chi connectivity index (χ3n) is 1.05. The quantitative estimate of drug-likeness (QED) is 0.448. The monoisotopic (exact) mass is 143 g/mol. The highest BCUT2D eigenvalue weighted by Crippen LogP contribution is 2.23. The van der Waals surface area contributed by atoms with Crippen LogP contribution in [0.5, 0.6) is 0 Å². The molecule has 0 saturated heterocycles. The first kappa shape index (κ1) is 6.38. The molecule has 4 heteroatoms. The SMILES string of the molecule is CN(N)c1cscc1N. The Labute approximate surface area is 57.8 Å². The highest BCUT2D eigenvalue weighted by molar-refractivity contribution is 7.08. The van der Waals surface area contributed by atoms with Gasteiger partial charge in [0.05, 0.1) is 11.4 Å². The van der Waals surface area contributed by atoms with Gasteiger partial charge in [-0.2, -0.15) is 0 Å². The summed E-state index contributed by atoms with van der Waals surface area (Å²) in [6, 6.07) is 0. The van der Waals surface area contributed by atoms with Crippen LogP contribution in [0.4, 0.5) is 11.4 Å². The fourth-order valence-electron chi connectivity index (χ4n) is 0.587. The van der Waals surface area contributed by atoms with E-state index in [9.17, 15) is 0 Å². The second kappa shape index (κ2) is 2.24. The van der Waals surface area contributed by atoms with Crippen molar-refractivity contribution in [2.75, 3.05) is 17.8 Å². The van der Waals surface area contributed by atoms with Gasteiger partial charge in [-0.05, 0) is 0 Å². The molecule has 4 N–H and O–H groups in total. The van der Waals surface area contributed by atoms with E-state index in [1.54, 1.807) is 18.4 Å². The number of anilines is 2. The van der Waals surface area contributed by atoms with E-state index in [-0.39, 0.29) is 0 Å². The van der Waals surface area contributed by atoms with E-state index < -0.39 is 0 Å². The van der Waals surface area contributed by atoms with Gasteiger partial charge in [0.2, 0.25) is 0 Å². The molecule has 3 nitrogen and oxygen atoms in total. The van der Waals surface area contributed by atoms with E-state index in [0.29, 0.717) is 0 Å². The maximum Gasteiger partial charge on any atom is 0.0851 e. The maximum absolute atomic E-state index is 5.53. The molecule has 9 heavy (non-hydrogen) atoms. The van der Waals surface area contributed by atoms with Crippen LogP contribution >= 0.6 is 11.3 Å². The van der Waals surface area contributed by atoms with Crippen molar-refractivity contribution in [2.45, 2.75) is 0 Å². The molecule has 0 aromatic carbocycles. The summed E-state index contributed by atoms with van der Waals surface area (Å²) in [4.78, 5) is 0. The molecule has 1 aromatic heterocycles. The number of thiophene rings is 1. The molecular formula is C5H9N3S. The first-order valence-electron chi connectivity index (χ1n) is 2.52. The van der Waals surface area contributed by atoms with Gasteiger partial charge in [0, 0.05) is 17.8 Å². The molecule has 0 aliphatic carbocycles. The minimum absolute atomic E-state index is 0.741. The van der Waals surface area contributed by atoms with Crippen molar-refractivity contribution in [3.63, 3.8) is 0 Å². The van der Waals surface area contributed by atoms with Crippen molar-refractivity contribution in [1.29, 1.82) is 0 Å². The first-order chi connectivity index (χ1) is 4.22. The van der Waals surface area contributed by atoms with E-state index in [1.807, 2.05) is 10.8 Å². The predicted molar refractivity (Wildman–Crippen MR) is 41.3 cm³/mol. The second-order valence-electron chi connectivity index (χ2n) is 1.82. The van der Waals surface area contributed by atoms with Gasteiger partial charge in [-0.1, -0.05) is 0 Å². The van der Waals surface area contributed by atoms with Crippen LogP contribution in [0.3, 0.4) is 0 Å². The first-order valence-corrected chi connectivity index (χ1v) is 3.46. The summed E-state index contributed by atoms with van der Waals surface area (Å²) in [5.74, 6) is 5.42. The fourth-order valence-corrected chi connectivity index (χ4v) is 1.35. The van der Waals surface area contributed by atoms with Crippen molar-refractivity contribution >= 4 is 22.7 Å². The van der Waals surface area contributed by atoms with Crippen LogP contribution in [-0.4, -0.2) is 7.05 Å². The van der Waals surface area contributed by atoms with Gasteiger partial charge < -0.3 is 10.7 Å². The van der Waals surface area contributed by atoms with E-state index in [0.717, 1.165) is 11.4 Å². The van der Waals surface area contributed by atoms with Crippen LogP contribution in [-0.2, 0) is 0 Å². The van der Waals surface area contributed by atoms with Gasteiger partial charge in [-0.3, -0.25) is 0 Å². The normalized spacial score (nSPS) is 9.56. The third-order valence-corrected chi connectivity index (χ3v) is 1.80. The summed E-state index contributed by atoms with van der Waals surface area (Å²) in [5.41, 5.74) is 7.16. The molecule has 0 atom stereocenters. The molecule has 0 amide bonds. The highest BCUT2D eigenvalue weighted by atomic mass is 32.1. The lowest BCUT2D eigenvalue weighted by Crippen LogP contribution is -2.25. The molecule has 1 aromatic rings. The third kappa shape index (κ3) is 1.14. The molecule has 0 radical (unpaired) electrons. The fraction of sp³-hybridized carbons (Fsp3) is 0.200. The average Bonchev–Trinajstić information content (AvgIpc) is 2.13. The largest absolute Gasteiger partial charge is 0.396 e. The van der Waals surface area contributed by atoms with Crippen LogP contribution in [0.1, 0.15) is 0 Å². The van der Waals surface area contributed by atoms with Crippen molar-refractivity contribution < 1.29 is 0 Å². The molecule has 0 aliphatic rings. The number of hydrazine groups is 1. The summed E-state index contributed by atoms with van der Waals surface area (Å²) < 4.78 is 0. The Kier molecular flexibility index (Phi) is 1.59. The van der Waals surface area contributed by atoms with Gasteiger partial charge in [-0.25, -0.2) is 5.84 Å². The zero-order valence-electron chi connectivity index (χ0n) is 5.16. The van der Waals surface area contributed by atoms with Gasteiger partial charge in [0.15, 0.2) is 0 Å². The topological polar surface area (TPSA) is 55.3 Å². The molecule has 1 rings (SSSR count). The molecular weight excluding hydrogens is 134 g/mol. The summed E-state index contributed by atoms with van der Waals surface area (Å²) in [6.45, 7) is 0. The van der Waals surface area contributed by atoms with Crippen molar-refractivity contribution in [3.05, 3.63) is 10.8 Å². The Morgan fingerprint density at radius 1 is 1.56 bits per heavy atom.